The van der Waals surface area contributed by atoms with E-state index in [0.29, 0.717) is 13.2 Å². The van der Waals surface area contributed by atoms with Crippen LogP contribution in [0.1, 0.15) is 24.1 Å². The van der Waals surface area contributed by atoms with E-state index in [1.807, 2.05) is 38.1 Å². The molecule has 2 N–H and O–H groups in total. The Labute approximate surface area is 118 Å². The molecule has 4 heteroatoms. The molecular weight excluding hydrogens is 252 g/mol. The highest BCUT2D eigenvalue weighted by atomic mass is 16.5. The number of hydrogen-bond donors (Lipinski definition) is 1. The van der Waals surface area contributed by atoms with Gasteiger partial charge >= 0.3 is 0 Å². The predicted molar refractivity (Wildman–Crippen MR) is 80.0 cm³/mol. The largest absolute Gasteiger partial charge is 0.491 e. The van der Waals surface area contributed by atoms with E-state index in [1.54, 1.807) is 22.9 Å². The van der Waals surface area contributed by atoms with Crippen molar-refractivity contribution in [1.29, 1.82) is 0 Å². The van der Waals surface area contributed by atoms with Gasteiger partial charge < -0.3 is 15.0 Å². The van der Waals surface area contributed by atoms with E-state index >= 15 is 0 Å². The fraction of sp³-hybridized carbons (Fsp3) is 0.312. The van der Waals surface area contributed by atoms with Crippen LogP contribution < -0.4 is 16.0 Å². The van der Waals surface area contributed by atoms with Crippen molar-refractivity contribution >= 4 is 0 Å². The van der Waals surface area contributed by atoms with E-state index in [1.165, 1.54) is 0 Å². The Kier molecular flexibility index (Phi) is 4.58. The molecule has 0 aliphatic heterocycles. The molecule has 2 rings (SSSR count). The monoisotopic (exact) mass is 272 g/mol. The summed E-state index contributed by atoms with van der Waals surface area (Å²) in [7, 11) is 0. The van der Waals surface area contributed by atoms with Gasteiger partial charge in [-0.25, -0.2) is 0 Å². The van der Waals surface area contributed by atoms with Crippen LogP contribution in [0.2, 0.25) is 0 Å². The molecule has 1 heterocycles. The summed E-state index contributed by atoms with van der Waals surface area (Å²) in [6, 6.07) is 11.0. The smallest absolute Gasteiger partial charge is 0.250 e. The van der Waals surface area contributed by atoms with Gasteiger partial charge in [0.05, 0.1) is 6.54 Å². The molecule has 0 saturated heterocycles. The number of benzene rings is 1. The summed E-state index contributed by atoms with van der Waals surface area (Å²) in [6.07, 6.45) is 1.76. The topological polar surface area (TPSA) is 57.2 Å². The first kappa shape index (κ1) is 14.3. The minimum atomic E-state index is -0.0793. The maximum Gasteiger partial charge on any atom is 0.250 e. The molecule has 0 aliphatic carbocycles. The zero-order valence-corrected chi connectivity index (χ0v) is 11.9. The van der Waals surface area contributed by atoms with E-state index in [9.17, 15) is 4.79 Å². The molecule has 0 spiro atoms. The van der Waals surface area contributed by atoms with Gasteiger partial charge in [-0.3, -0.25) is 4.79 Å². The van der Waals surface area contributed by atoms with Crippen molar-refractivity contribution < 1.29 is 4.74 Å². The van der Waals surface area contributed by atoms with Crippen LogP contribution in [0.5, 0.6) is 5.75 Å². The van der Waals surface area contributed by atoms with E-state index < -0.39 is 0 Å². The minimum absolute atomic E-state index is 0.0209. The molecule has 4 nitrogen and oxygen atoms in total. The van der Waals surface area contributed by atoms with Crippen LogP contribution in [-0.4, -0.2) is 11.2 Å². The Morgan fingerprint density at radius 1 is 1.30 bits per heavy atom. The highest BCUT2D eigenvalue weighted by molar-refractivity contribution is 5.38. The second-order valence-corrected chi connectivity index (χ2v) is 4.91. The third-order valence-electron chi connectivity index (χ3n) is 3.14. The van der Waals surface area contributed by atoms with Crippen molar-refractivity contribution in [3.63, 3.8) is 0 Å². The van der Waals surface area contributed by atoms with Crippen LogP contribution in [-0.2, 0) is 6.54 Å². The van der Waals surface area contributed by atoms with E-state index in [2.05, 4.69) is 0 Å². The molecule has 1 aromatic heterocycles. The van der Waals surface area contributed by atoms with Gasteiger partial charge in [0.2, 0.25) is 0 Å². The van der Waals surface area contributed by atoms with E-state index in [4.69, 9.17) is 10.5 Å². The number of rotatable bonds is 5. The summed E-state index contributed by atoms with van der Waals surface area (Å²) in [5.41, 5.74) is 8.08. The van der Waals surface area contributed by atoms with Gasteiger partial charge in [0.15, 0.2) is 0 Å². The van der Waals surface area contributed by atoms with Crippen LogP contribution >= 0.6 is 0 Å². The van der Waals surface area contributed by atoms with Crippen molar-refractivity contribution in [2.75, 3.05) is 6.61 Å². The Morgan fingerprint density at radius 3 is 2.80 bits per heavy atom. The molecule has 1 atom stereocenters. The Hall–Kier alpha value is -2.07. The molecule has 0 unspecified atom stereocenters. The fourth-order valence-corrected chi connectivity index (χ4v) is 2.05. The molecule has 0 radical (unpaired) electrons. The van der Waals surface area contributed by atoms with Crippen molar-refractivity contribution in [1.82, 2.24) is 4.57 Å². The Bertz CT molecular complexity index is 632. The summed E-state index contributed by atoms with van der Waals surface area (Å²) in [5, 5.41) is 0. The van der Waals surface area contributed by atoms with Crippen LogP contribution in [0.4, 0.5) is 0 Å². The lowest BCUT2D eigenvalue weighted by Gasteiger charge is -2.15. The van der Waals surface area contributed by atoms with Crippen LogP contribution in [0.25, 0.3) is 0 Å². The summed E-state index contributed by atoms with van der Waals surface area (Å²) in [5.74, 6) is 0.787. The van der Waals surface area contributed by atoms with Crippen molar-refractivity contribution in [3.05, 3.63) is 64.1 Å². The lowest BCUT2D eigenvalue weighted by molar-refractivity contribution is 0.292. The summed E-state index contributed by atoms with van der Waals surface area (Å²) >= 11 is 0. The molecule has 20 heavy (non-hydrogen) atoms. The molecule has 0 saturated carbocycles. The SMILES string of the molecule is Cc1ccc(OCCn2ccccc2=O)c([C@H](C)N)c1. The predicted octanol–water partition coefficient (Wildman–Crippen LogP) is 2.26. The standard InChI is InChI=1S/C16H20N2O2/c1-12-6-7-15(14(11-12)13(2)17)20-10-9-18-8-4-3-5-16(18)19/h3-8,11,13H,9-10,17H2,1-2H3/t13-/m0/s1. The Morgan fingerprint density at radius 2 is 2.10 bits per heavy atom. The zero-order chi connectivity index (χ0) is 14.5. The highest BCUT2D eigenvalue weighted by Gasteiger charge is 2.08. The van der Waals surface area contributed by atoms with Crippen molar-refractivity contribution in [3.8, 4) is 5.75 Å². The molecule has 0 fully saturated rings. The molecule has 0 amide bonds. The average Bonchev–Trinajstić information content (AvgIpc) is 2.42. The molecule has 2 aromatic rings. The summed E-state index contributed by atoms with van der Waals surface area (Å²) in [4.78, 5) is 11.6. The summed E-state index contributed by atoms with van der Waals surface area (Å²) < 4.78 is 7.40. The van der Waals surface area contributed by atoms with Crippen LogP contribution in [0.3, 0.4) is 0 Å². The van der Waals surface area contributed by atoms with Crippen molar-refractivity contribution in [2.24, 2.45) is 5.73 Å². The lowest BCUT2D eigenvalue weighted by Crippen LogP contribution is -2.21. The number of nitrogens with two attached hydrogens (primary N) is 1. The number of nitrogens with zero attached hydrogens (tertiary/aromatic N) is 1. The van der Waals surface area contributed by atoms with E-state index in [-0.39, 0.29) is 11.6 Å². The van der Waals surface area contributed by atoms with Gasteiger partial charge in [-0.1, -0.05) is 23.8 Å². The first-order chi connectivity index (χ1) is 9.58. The molecular formula is C16H20N2O2. The van der Waals surface area contributed by atoms with Gasteiger partial charge in [-0.05, 0) is 26.0 Å². The molecule has 0 bridgehead atoms. The van der Waals surface area contributed by atoms with Gasteiger partial charge in [0.1, 0.15) is 12.4 Å². The number of aryl methyl sites for hydroxylation is 1. The number of aromatic nitrogens is 1. The van der Waals surface area contributed by atoms with Crippen LogP contribution in [0.15, 0.2) is 47.4 Å². The average molecular weight is 272 g/mol. The number of ether oxygens (including phenoxy) is 1. The molecule has 0 aliphatic rings. The maximum absolute atomic E-state index is 11.6. The quantitative estimate of drug-likeness (QED) is 0.908. The van der Waals surface area contributed by atoms with Gasteiger partial charge in [0.25, 0.3) is 5.56 Å². The number of pyridine rings is 1. The minimum Gasteiger partial charge on any atom is -0.491 e. The second-order valence-electron chi connectivity index (χ2n) is 4.91. The highest BCUT2D eigenvalue weighted by Crippen LogP contribution is 2.24. The fourth-order valence-electron chi connectivity index (χ4n) is 2.05. The first-order valence-corrected chi connectivity index (χ1v) is 6.72. The first-order valence-electron chi connectivity index (χ1n) is 6.72. The second kappa shape index (κ2) is 6.39. The third kappa shape index (κ3) is 3.48. The lowest BCUT2D eigenvalue weighted by atomic mass is 10.1. The summed E-state index contributed by atoms with van der Waals surface area (Å²) in [6.45, 7) is 4.92. The van der Waals surface area contributed by atoms with Gasteiger partial charge in [0, 0.05) is 23.9 Å². The Balaban J connectivity index is 2.05. The normalized spacial score (nSPS) is 12.2. The maximum atomic E-state index is 11.6. The van der Waals surface area contributed by atoms with Gasteiger partial charge in [-0.15, -0.1) is 0 Å². The zero-order valence-electron chi connectivity index (χ0n) is 11.9. The van der Waals surface area contributed by atoms with Crippen LogP contribution in [0, 0.1) is 6.92 Å². The van der Waals surface area contributed by atoms with E-state index in [0.717, 1.165) is 16.9 Å². The third-order valence-corrected chi connectivity index (χ3v) is 3.14. The van der Waals surface area contributed by atoms with Gasteiger partial charge in [-0.2, -0.15) is 0 Å². The van der Waals surface area contributed by atoms with Crippen molar-refractivity contribution in [2.45, 2.75) is 26.4 Å². The molecule has 106 valence electrons. The number of hydrogen-bond acceptors (Lipinski definition) is 3. The molecule has 1 aromatic carbocycles.